The number of anilines is 1. The number of hydrogen-bond acceptors (Lipinski definition) is 4. The molecular weight excluding hydrogens is 474 g/mol. The molecule has 33 heavy (non-hydrogen) atoms. The first-order valence-electron chi connectivity index (χ1n) is 10.3. The van der Waals surface area contributed by atoms with Gasteiger partial charge in [0.05, 0.1) is 12.7 Å². The summed E-state index contributed by atoms with van der Waals surface area (Å²) in [5.74, 6) is -1.99. The van der Waals surface area contributed by atoms with Crippen LogP contribution in [-0.2, 0) is 21.4 Å². The van der Waals surface area contributed by atoms with Crippen LogP contribution in [0.25, 0.3) is 0 Å². The Balaban J connectivity index is 1.38. The van der Waals surface area contributed by atoms with Crippen LogP contribution in [0, 0.1) is 17.6 Å². The zero-order valence-corrected chi connectivity index (χ0v) is 19.0. The lowest BCUT2D eigenvalue weighted by Gasteiger charge is -2.30. The first-order valence-corrected chi connectivity index (χ1v) is 12.1. The molecule has 0 saturated carbocycles. The van der Waals surface area contributed by atoms with E-state index in [4.69, 9.17) is 11.6 Å². The van der Waals surface area contributed by atoms with E-state index in [1.54, 1.807) is 29.1 Å². The summed E-state index contributed by atoms with van der Waals surface area (Å²) >= 11 is 5.91. The molecule has 4 rings (SSSR count). The number of nitrogens with zero attached hydrogens (tertiary/aromatic N) is 3. The zero-order chi connectivity index (χ0) is 23.6. The third kappa shape index (κ3) is 5.23. The molecule has 1 fully saturated rings. The van der Waals surface area contributed by atoms with Crippen LogP contribution in [0.1, 0.15) is 18.4 Å². The van der Waals surface area contributed by atoms with Crippen molar-refractivity contribution in [1.29, 1.82) is 0 Å². The predicted octanol–water partition coefficient (Wildman–Crippen LogP) is 3.90. The third-order valence-corrected chi connectivity index (χ3v) is 7.71. The lowest BCUT2D eigenvalue weighted by molar-refractivity contribution is -0.121. The van der Waals surface area contributed by atoms with Crippen LogP contribution < -0.4 is 5.32 Å². The van der Waals surface area contributed by atoms with Crippen molar-refractivity contribution in [2.45, 2.75) is 24.3 Å². The van der Waals surface area contributed by atoms with Gasteiger partial charge in [0.15, 0.2) is 0 Å². The van der Waals surface area contributed by atoms with Gasteiger partial charge in [-0.25, -0.2) is 21.9 Å². The lowest BCUT2D eigenvalue weighted by atomic mass is 9.97. The Morgan fingerprint density at radius 1 is 1.09 bits per heavy atom. The highest BCUT2D eigenvalue weighted by molar-refractivity contribution is 7.89. The van der Waals surface area contributed by atoms with E-state index in [0.29, 0.717) is 23.5 Å². The van der Waals surface area contributed by atoms with Crippen molar-refractivity contribution in [3.63, 3.8) is 0 Å². The maximum Gasteiger partial charge on any atom is 0.246 e. The molecule has 7 nitrogen and oxygen atoms in total. The topological polar surface area (TPSA) is 84.3 Å². The second kappa shape index (κ2) is 9.58. The van der Waals surface area contributed by atoms with Gasteiger partial charge < -0.3 is 5.32 Å². The van der Waals surface area contributed by atoms with Crippen LogP contribution in [0.5, 0.6) is 0 Å². The number of nitrogens with one attached hydrogen (secondary N) is 1. The molecule has 2 aromatic carbocycles. The van der Waals surface area contributed by atoms with Gasteiger partial charge in [-0.15, -0.1) is 0 Å². The number of amides is 1. The summed E-state index contributed by atoms with van der Waals surface area (Å²) in [6.07, 6.45) is 2.09. The number of piperidine rings is 1. The molecular formula is C22H21ClF2N4O3S. The van der Waals surface area contributed by atoms with Crippen LogP contribution in [0.2, 0.25) is 5.02 Å². The Hall–Kier alpha value is -2.82. The van der Waals surface area contributed by atoms with E-state index in [9.17, 15) is 22.0 Å². The zero-order valence-electron chi connectivity index (χ0n) is 17.4. The van der Waals surface area contributed by atoms with Gasteiger partial charge in [0.25, 0.3) is 0 Å². The Kier molecular flexibility index (Phi) is 6.78. The van der Waals surface area contributed by atoms with Gasteiger partial charge in [-0.05, 0) is 48.7 Å². The van der Waals surface area contributed by atoms with Crippen molar-refractivity contribution in [2.24, 2.45) is 5.92 Å². The molecule has 0 unspecified atom stereocenters. The number of aromatic nitrogens is 2. The van der Waals surface area contributed by atoms with Gasteiger partial charge in [-0.2, -0.15) is 9.40 Å². The van der Waals surface area contributed by atoms with E-state index >= 15 is 0 Å². The number of carbonyl (C=O) groups is 1. The first kappa shape index (κ1) is 23.3. The average Bonchev–Trinajstić information content (AvgIpc) is 3.23. The van der Waals surface area contributed by atoms with Gasteiger partial charge >= 0.3 is 0 Å². The highest BCUT2D eigenvalue weighted by atomic mass is 35.5. The molecule has 0 aliphatic carbocycles. The molecule has 1 saturated heterocycles. The van der Waals surface area contributed by atoms with E-state index in [1.165, 1.54) is 0 Å². The van der Waals surface area contributed by atoms with Crippen molar-refractivity contribution in [3.05, 3.63) is 76.9 Å². The molecule has 3 aromatic rings. The number of halogens is 3. The Morgan fingerprint density at radius 3 is 2.48 bits per heavy atom. The molecule has 0 radical (unpaired) electrons. The number of hydrogen-bond donors (Lipinski definition) is 1. The summed E-state index contributed by atoms with van der Waals surface area (Å²) in [5.41, 5.74) is 0.960. The molecule has 0 spiro atoms. The fourth-order valence-corrected chi connectivity index (χ4v) is 5.40. The van der Waals surface area contributed by atoms with Crippen LogP contribution in [-0.4, -0.2) is 41.5 Å². The average molecular weight is 495 g/mol. The smallest absolute Gasteiger partial charge is 0.246 e. The highest BCUT2D eigenvalue weighted by Gasteiger charge is 2.34. The fraction of sp³-hybridized carbons (Fsp3) is 0.273. The molecule has 2 heterocycles. The Morgan fingerprint density at radius 2 is 1.79 bits per heavy atom. The minimum atomic E-state index is -4.20. The molecule has 1 aliphatic rings. The van der Waals surface area contributed by atoms with Crippen molar-refractivity contribution in [2.75, 3.05) is 18.4 Å². The molecule has 1 aliphatic heterocycles. The summed E-state index contributed by atoms with van der Waals surface area (Å²) in [6, 6.07) is 11.3. The summed E-state index contributed by atoms with van der Waals surface area (Å²) < 4.78 is 55.7. The molecule has 1 N–H and O–H groups in total. The minimum absolute atomic E-state index is 0.0282. The van der Waals surface area contributed by atoms with E-state index in [1.807, 2.05) is 12.1 Å². The fourth-order valence-electron chi connectivity index (χ4n) is 3.73. The minimum Gasteiger partial charge on any atom is -0.311 e. The monoisotopic (exact) mass is 494 g/mol. The van der Waals surface area contributed by atoms with Gasteiger partial charge in [0.1, 0.15) is 22.3 Å². The lowest BCUT2D eigenvalue weighted by Crippen LogP contribution is -2.41. The Bertz CT molecular complexity index is 1260. The summed E-state index contributed by atoms with van der Waals surface area (Å²) in [5, 5.41) is 7.72. The predicted molar refractivity (Wildman–Crippen MR) is 119 cm³/mol. The SMILES string of the molecule is O=C(Nc1ccnn1Cc1ccc(Cl)cc1)C1CCN(S(=O)(=O)c2cc(F)ccc2F)CC1. The van der Waals surface area contributed by atoms with Gasteiger partial charge in [0.2, 0.25) is 15.9 Å². The number of benzene rings is 2. The summed E-state index contributed by atoms with van der Waals surface area (Å²) in [6.45, 7) is 0.497. The van der Waals surface area contributed by atoms with Crippen LogP contribution in [0.15, 0.2) is 59.6 Å². The largest absolute Gasteiger partial charge is 0.311 e. The van der Waals surface area contributed by atoms with Gasteiger partial charge in [-0.1, -0.05) is 23.7 Å². The molecule has 1 aromatic heterocycles. The Labute approximate surface area is 195 Å². The maximum atomic E-state index is 14.0. The number of rotatable bonds is 6. The van der Waals surface area contributed by atoms with Crippen molar-refractivity contribution in [1.82, 2.24) is 14.1 Å². The molecule has 11 heteroatoms. The van der Waals surface area contributed by atoms with Gasteiger partial charge in [0, 0.05) is 30.1 Å². The number of carbonyl (C=O) groups excluding carboxylic acids is 1. The van der Waals surface area contributed by atoms with Crippen LogP contribution >= 0.6 is 11.6 Å². The van der Waals surface area contributed by atoms with Crippen molar-refractivity contribution >= 4 is 33.3 Å². The second-order valence-corrected chi connectivity index (χ2v) is 10.1. The van der Waals surface area contributed by atoms with Crippen molar-refractivity contribution in [3.8, 4) is 0 Å². The third-order valence-electron chi connectivity index (χ3n) is 5.55. The number of sulfonamides is 1. The quantitative estimate of drug-likeness (QED) is 0.563. The molecule has 174 valence electrons. The van der Waals surface area contributed by atoms with E-state index < -0.39 is 32.5 Å². The summed E-state index contributed by atoms with van der Waals surface area (Å²) in [7, 11) is -4.20. The maximum absolute atomic E-state index is 14.0. The van der Waals surface area contributed by atoms with Crippen LogP contribution in [0.4, 0.5) is 14.6 Å². The molecule has 1 amide bonds. The standard InChI is InChI=1S/C22H21ClF2N4O3S/c23-17-3-1-15(2-4-17)14-29-21(7-10-26-29)27-22(30)16-8-11-28(12-9-16)33(31,32)20-13-18(24)5-6-19(20)25/h1-7,10,13,16H,8-9,11-12,14H2,(H,27,30). The van der Waals surface area contributed by atoms with E-state index in [0.717, 1.165) is 22.0 Å². The van der Waals surface area contributed by atoms with E-state index in [2.05, 4.69) is 10.4 Å². The molecule has 0 atom stereocenters. The van der Waals surface area contributed by atoms with E-state index in [-0.39, 0.29) is 31.8 Å². The molecule has 0 bridgehead atoms. The van der Waals surface area contributed by atoms with Crippen LogP contribution in [0.3, 0.4) is 0 Å². The normalized spacial score (nSPS) is 15.5. The first-order chi connectivity index (χ1) is 15.7. The second-order valence-electron chi connectivity index (χ2n) is 7.74. The van der Waals surface area contributed by atoms with Crippen molar-refractivity contribution < 1.29 is 22.0 Å². The highest BCUT2D eigenvalue weighted by Crippen LogP contribution is 2.27. The summed E-state index contributed by atoms with van der Waals surface area (Å²) in [4.78, 5) is 12.1. The van der Waals surface area contributed by atoms with Gasteiger partial charge in [-0.3, -0.25) is 4.79 Å².